The molecular weight excluding hydrogens is 220 g/mol. The van der Waals surface area contributed by atoms with E-state index in [9.17, 15) is 0 Å². The maximum atomic E-state index is 5.75. The molecule has 0 spiro atoms. The lowest BCUT2D eigenvalue weighted by Crippen LogP contribution is -2.29. The van der Waals surface area contributed by atoms with E-state index in [1.54, 1.807) is 6.26 Å². The van der Waals surface area contributed by atoms with Gasteiger partial charge in [-0.3, -0.25) is 0 Å². The van der Waals surface area contributed by atoms with Crippen molar-refractivity contribution in [2.45, 2.75) is 32.3 Å². The molecular formula is C13H18O4. The molecule has 4 heteroatoms. The minimum absolute atomic E-state index is 0.257. The summed E-state index contributed by atoms with van der Waals surface area (Å²) in [5.74, 6) is 0.701. The van der Waals surface area contributed by atoms with Crippen LogP contribution in [0.15, 0.2) is 36.3 Å². The molecule has 0 aromatic carbocycles. The molecule has 94 valence electrons. The molecule has 4 nitrogen and oxygen atoms in total. The third kappa shape index (κ3) is 3.61. The molecule has 0 N–H and O–H groups in total. The second-order valence-electron chi connectivity index (χ2n) is 3.75. The second-order valence-corrected chi connectivity index (χ2v) is 3.75. The molecule has 2 rings (SSSR count). The lowest BCUT2D eigenvalue weighted by atomic mass is 10.2. The van der Waals surface area contributed by atoms with Gasteiger partial charge in [0, 0.05) is 13.0 Å². The second kappa shape index (κ2) is 6.47. The third-order valence-electron chi connectivity index (χ3n) is 2.46. The van der Waals surface area contributed by atoms with Gasteiger partial charge in [-0.05, 0) is 31.6 Å². The molecule has 0 saturated carbocycles. The van der Waals surface area contributed by atoms with E-state index in [0.29, 0.717) is 19.0 Å². The Balaban J connectivity index is 1.93. The van der Waals surface area contributed by atoms with Gasteiger partial charge in [0.2, 0.25) is 12.6 Å². The van der Waals surface area contributed by atoms with Gasteiger partial charge in [-0.15, -0.1) is 0 Å². The first-order chi connectivity index (χ1) is 8.40. The standard InChI is InChI=1S/C13H18O4/c1-2-14-13(11-7-3-5-9-15-11)17-12-8-4-6-10-16-12/h3,5-7,10,12-13H,2,4,8-9H2,1H3. The molecule has 2 heterocycles. The first-order valence-corrected chi connectivity index (χ1v) is 5.97. The molecule has 2 aliphatic rings. The van der Waals surface area contributed by atoms with Crippen LogP contribution in [0.5, 0.6) is 0 Å². The molecule has 2 unspecified atom stereocenters. The Morgan fingerprint density at radius 3 is 3.06 bits per heavy atom. The smallest absolute Gasteiger partial charge is 0.220 e. The van der Waals surface area contributed by atoms with Crippen LogP contribution in [0, 0.1) is 0 Å². The van der Waals surface area contributed by atoms with Crippen molar-refractivity contribution in [3.05, 3.63) is 36.3 Å². The monoisotopic (exact) mass is 238 g/mol. The highest BCUT2D eigenvalue weighted by atomic mass is 16.8. The van der Waals surface area contributed by atoms with E-state index in [-0.39, 0.29) is 6.29 Å². The fourth-order valence-electron chi connectivity index (χ4n) is 1.65. The van der Waals surface area contributed by atoms with Crippen molar-refractivity contribution in [1.82, 2.24) is 0 Å². The Morgan fingerprint density at radius 1 is 1.47 bits per heavy atom. The van der Waals surface area contributed by atoms with E-state index in [0.717, 1.165) is 12.8 Å². The van der Waals surface area contributed by atoms with Gasteiger partial charge in [-0.1, -0.05) is 6.08 Å². The minimum atomic E-state index is -0.485. The summed E-state index contributed by atoms with van der Waals surface area (Å²) in [4.78, 5) is 0. The van der Waals surface area contributed by atoms with Crippen LogP contribution in [0.25, 0.3) is 0 Å². The van der Waals surface area contributed by atoms with Gasteiger partial charge >= 0.3 is 0 Å². The Hall–Kier alpha value is -1.26. The van der Waals surface area contributed by atoms with Crippen molar-refractivity contribution < 1.29 is 18.9 Å². The van der Waals surface area contributed by atoms with Crippen LogP contribution in [-0.2, 0) is 18.9 Å². The van der Waals surface area contributed by atoms with E-state index in [2.05, 4.69) is 0 Å². The van der Waals surface area contributed by atoms with Gasteiger partial charge in [0.25, 0.3) is 0 Å². The van der Waals surface area contributed by atoms with Crippen LogP contribution in [0.4, 0.5) is 0 Å². The lowest BCUT2D eigenvalue weighted by Gasteiger charge is -2.27. The SMILES string of the molecule is CCOC(OC1CCC=CO1)C1=CC=CCO1. The quantitative estimate of drug-likeness (QED) is 0.689. The van der Waals surface area contributed by atoms with Crippen molar-refractivity contribution in [3.63, 3.8) is 0 Å². The van der Waals surface area contributed by atoms with Crippen LogP contribution in [0.3, 0.4) is 0 Å². The van der Waals surface area contributed by atoms with Gasteiger partial charge in [-0.25, -0.2) is 0 Å². The molecule has 0 radical (unpaired) electrons. The zero-order valence-electron chi connectivity index (χ0n) is 10.0. The predicted octanol–water partition coefficient (Wildman–Crippen LogP) is 2.49. The van der Waals surface area contributed by atoms with Gasteiger partial charge in [0.05, 0.1) is 6.26 Å². The van der Waals surface area contributed by atoms with Gasteiger partial charge in [-0.2, -0.15) is 0 Å². The van der Waals surface area contributed by atoms with E-state index in [4.69, 9.17) is 18.9 Å². The molecule has 2 aliphatic heterocycles. The minimum Gasteiger partial charge on any atom is -0.488 e. The summed E-state index contributed by atoms with van der Waals surface area (Å²) in [6.45, 7) is 3.05. The first kappa shape index (κ1) is 12.2. The predicted molar refractivity (Wildman–Crippen MR) is 62.9 cm³/mol. The molecule has 0 amide bonds. The van der Waals surface area contributed by atoms with E-state index < -0.39 is 6.29 Å². The van der Waals surface area contributed by atoms with Crippen LogP contribution in [0.1, 0.15) is 19.8 Å². The Morgan fingerprint density at radius 2 is 2.41 bits per heavy atom. The van der Waals surface area contributed by atoms with Crippen molar-refractivity contribution in [1.29, 1.82) is 0 Å². The van der Waals surface area contributed by atoms with E-state index >= 15 is 0 Å². The summed E-state index contributed by atoms with van der Waals surface area (Å²) < 4.78 is 22.1. The largest absolute Gasteiger partial charge is 0.488 e. The van der Waals surface area contributed by atoms with Crippen molar-refractivity contribution in [3.8, 4) is 0 Å². The Labute approximate surface area is 101 Å². The fourth-order valence-corrected chi connectivity index (χ4v) is 1.65. The average Bonchev–Trinajstić information content (AvgIpc) is 2.40. The lowest BCUT2D eigenvalue weighted by molar-refractivity contribution is -0.229. The molecule has 0 bridgehead atoms. The summed E-state index contributed by atoms with van der Waals surface area (Å²) in [6.07, 6.45) is 10.5. The highest BCUT2D eigenvalue weighted by molar-refractivity contribution is 5.13. The zero-order chi connectivity index (χ0) is 11.9. The molecule has 0 saturated heterocycles. The molecule has 0 aromatic rings. The molecule has 0 aliphatic carbocycles. The highest BCUT2D eigenvalue weighted by Gasteiger charge is 2.23. The molecule has 0 fully saturated rings. The number of hydrogen-bond donors (Lipinski definition) is 0. The topological polar surface area (TPSA) is 36.9 Å². The number of rotatable bonds is 5. The molecule has 0 aromatic heterocycles. The van der Waals surface area contributed by atoms with Crippen LogP contribution in [-0.4, -0.2) is 25.8 Å². The van der Waals surface area contributed by atoms with Gasteiger partial charge < -0.3 is 18.9 Å². The Kier molecular flexibility index (Phi) is 4.64. The fraction of sp³-hybridized carbons (Fsp3) is 0.538. The summed E-state index contributed by atoms with van der Waals surface area (Å²) in [6, 6.07) is 0. The number of hydrogen-bond acceptors (Lipinski definition) is 4. The van der Waals surface area contributed by atoms with Gasteiger partial charge in [0.15, 0.2) is 5.76 Å². The summed E-state index contributed by atoms with van der Waals surface area (Å²) in [5.41, 5.74) is 0. The van der Waals surface area contributed by atoms with Crippen LogP contribution in [0.2, 0.25) is 0 Å². The zero-order valence-corrected chi connectivity index (χ0v) is 10.0. The van der Waals surface area contributed by atoms with Crippen LogP contribution >= 0.6 is 0 Å². The summed E-state index contributed by atoms with van der Waals surface area (Å²) >= 11 is 0. The highest BCUT2D eigenvalue weighted by Crippen LogP contribution is 2.20. The molecule has 17 heavy (non-hydrogen) atoms. The maximum Gasteiger partial charge on any atom is 0.220 e. The van der Waals surface area contributed by atoms with Crippen molar-refractivity contribution in [2.75, 3.05) is 13.2 Å². The summed E-state index contributed by atoms with van der Waals surface area (Å²) in [5, 5.41) is 0. The van der Waals surface area contributed by atoms with Crippen molar-refractivity contribution in [2.24, 2.45) is 0 Å². The van der Waals surface area contributed by atoms with Gasteiger partial charge in [0.1, 0.15) is 6.61 Å². The van der Waals surface area contributed by atoms with E-state index in [1.807, 2.05) is 31.2 Å². The number of ether oxygens (including phenoxy) is 4. The average molecular weight is 238 g/mol. The molecule has 2 atom stereocenters. The Bertz CT molecular complexity index is 319. The third-order valence-corrected chi connectivity index (χ3v) is 2.46. The van der Waals surface area contributed by atoms with Crippen LogP contribution < -0.4 is 0 Å². The van der Waals surface area contributed by atoms with E-state index in [1.165, 1.54) is 0 Å². The van der Waals surface area contributed by atoms with Crippen molar-refractivity contribution >= 4 is 0 Å². The normalized spacial score (nSPS) is 24.8. The summed E-state index contributed by atoms with van der Waals surface area (Å²) in [7, 11) is 0. The number of allylic oxidation sites excluding steroid dienone is 3. The maximum absolute atomic E-state index is 5.75. The first-order valence-electron chi connectivity index (χ1n) is 5.97.